The summed E-state index contributed by atoms with van der Waals surface area (Å²) < 4.78 is 11.1. The van der Waals surface area contributed by atoms with Crippen LogP contribution in [0, 0.1) is 0 Å². The molecule has 1 aromatic rings. The second-order valence-electron chi connectivity index (χ2n) is 4.10. The number of nitrogens with one attached hydrogen (secondary N) is 1. The Hall–Kier alpha value is -1.07. The van der Waals surface area contributed by atoms with Gasteiger partial charge in [-0.3, -0.25) is 4.79 Å². The average Bonchev–Trinajstić information content (AvgIpc) is 2.42. The van der Waals surface area contributed by atoms with Crippen molar-refractivity contribution in [3.63, 3.8) is 0 Å². The Morgan fingerprint density at radius 1 is 1.42 bits per heavy atom. The molecule has 0 amide bonds. The maximum Gasteiger partial charge on any atom is 0.308 e. The number of ether oxygens (including phenoxy) is 2. The predicted molar refractivity (Wildman–Crippen MR) is 78.3 cm³/mol. The van der Waals surface area contributed by atoms with Crippen LogP contribution in [0.2, 0.25) is 0 Å². The van der Waals surface area contributed by atoms with Gasteiger partial charge in [0, 0.05) is 11.0 Å². The maximum absolute atomic E-state index is 11.0. The number of hydrogen-bond donors (Lipinski definition) is 1. The molecule has 4 nitrogen and oxygen atoms in total. The van der Waals surface area contributed by atoms with Crippen molar-refractivity contribution < 1.29 is 14.3 Å². The molecule has 0 saturated heterocycles. The summed E-state index contributed by atoms with van der Waals surface area (Å²) in [6.07, 6.45) is 1.36. The lowest BCUT2D eigenvalue weighted by Gasteiger charge is -2.10. The van der Waals surface area contributed by atoms with Gasteiger partial charge in [-0.15, -0.1) is 0 Å². The van der Waals surface area contributed by atoms with E-state index < -0.39 is 0 Å². The molecule has 0 atom stereocenters. The highest BCUT2D eigenvalue weighted by molar-refractivity contribution is 9.10. The largest absolute Gasteiger partial charge is 0.493 e. The van der Waals surface area contributed by atoms with E-state index in [9.17, 15) is 4.79 Å². The third-order valence-electron chi connectivity index (χ3n) is 2.56. The van der Waals surface area contributed by atoms with Crippen molar-refractivity contribution in [1.82, 2.24) is 5.32 Å². The summed E-state index contributed by atoms with van der Waals surface area (Å²) in [7, 11) is 1.37. The first-order chi connectivity index (χ1) is 9.17. The summed E-state index contributed by atoms with van der Waals surface area (Å²) in [6, 6.07) is 5.81. The summed E-state index contributed by atoms with van der Waals surface area (Å²) in [4.78, 5) is 11.0. The number of esters is 1. The average molecular weight is 330 g/mol. The number of benzene rings is 1. The van der Waals surface area contributed by atoms with Crippen LogP contribution in [-0.2, 0) is 16.1 Å². The van der Waals surface area contributed by atoms with Crippen molar-refractivity contribution in [3.05, 3.63) is 28.2 Å². The first-order valence-electron chi connectivity index (χ1n) is 6.36. The Morgan fingerprint density at radius 2 is 2.21 bits per heavy atom. The third kappa shape index (κ3) is 6.07. The second kappa shape index (κ2) is 8.93. The standard InChI is InChI=1S/C14H20BrNO3/c1-3-7-16-10-11-9-12(4-5-13(11)15)19-8-6-14(17)18-2/h4-5,9,16H,3,6-8,10H2,1-2H3. The summed E-state index contributed by atoms with van der Waals surface area (Å²) in [5, 5.41) is 3.34. The minimum Gasteiger partial charge on any atom is -0.493 e. The lowest BCUT2D eigenvalue weighted by molar-refractivity contribution is -0.141. The van der Waals surface area contributed by atoms with Gasteiger partial charge in [-0.25, -0.2) is 0 Å². The van der Waals surface area contributed by atoms with E-state index in [4.69, 9.17) is 4.74 Å². The smallest absolute Gasteiger partial charge is 0.308 e. The molecule has 0 fully saturated rings. The lowest BCUT2D eigenvalue weighted by Crippen LogP contribution is -2.14. The van der Waals surface area contributed by atoms with E-state index in [1.807, 2.05) is 18.2 Å². The Morgan fingerprint density at radius 3 is 2.89 bits per heavy atom. The van der Waals surface area contributed by atoms with Gasteiger partial charge in [0.25, 0.3) is 0 Å². The molecule has 0 saturated carbocycles. The Labute approximate surface area is 122 Å². The Balaban J connectivity index is 2.50. The normalized spacial score (nSPS) is 10.3. The van der Waals surface area contributed by atoms with E-state index >= 15 is 0 Å². The molecule has 0 radical (unpaired) electrons. The monoisotopic (exact) mass is 329 g/mol. The summed E-state index contributed by atoms with van der Waals surface area (Å²) >= 11 is 3.52. The number of methoxy groups -OCH3 is 1. The molecule has 1 N–H and O–H groups in total. The van der Waals surface area contributed by atoms with Crippen molar-refractivity contribution in [3.8, 4) is 5.75 Å². The highest BCUT2D eigenvalue weighted by atomic mass is 79.9. The molecule has 5 heteroatoms. The van der Waals surface area contributed by atoms with Crippen LogP contribution >= 0.6 is 15.9 Å². The van der Waals surface area contributed by atoms with Crippen LogP contribution in [0.5, 0.6) is 5.75 Å². The molecule has 0 aliphatic rings. The quantitative estimate of drug-likeness (QED) is 0.588. The number of carbonyl (C=O) groups excluding carboxylic acids is 1. The van der Waals surface area contributed by atoms with Crippen molar-refractivity contribution >= 4 is 21.9 Å². The van der Waals surface area contributed by atoms with Gasteiger partial charge in [0.2, 0.25) is 0 Å². The van der Waals surface area contributed by atoms with Crippen molar-refractivity contribution in [2.24, 2.45) is 0 Å². The molecule has 19 heavy (non-hydrogen) atoms. The van der Waals surface area contributed by atoms with Crippen LogP contribution in [0.25, 0.3) is 0 Å². The van der Waals surface area contributed by atoms with E-state index in [2.05, 4.69) is 32.9 Å². The van der Waals surface area contributed by atoms with Gasteiger partial charge in [-0.1, -0.05) is 22.9 Å². The van der Waals surface area contributed by atoms with Crippen LogP contribution in [0.1, 0.15) is 25.3 Å². The zero-order valence-corrected chi connectivity index (χ0v) is 13.0. The van der Waals surface area contributed by atoms with Gasteiger partial charge in [-0.05, 0) is 36.7 Å². The zero-order valence-electron chi connectivity index (χ0n) is 11.4. The van der Waals surface area contributed by atoms with Crippen molar-refractivity contribution in [2.45, 2.75) is 26.3 Å². The van der Waals surface area contributed by atoms with E-state index in [0.717, 1.165) is 35.3 Å². The Kier molecular flexibility index (Phi) is 7.52. The fraction of sp³-hybridized carbons (Fsp3) is 0.500. The molecule has 0 aliphatic carbocycles. The van der Waals surface area contributed by atoms with Crippen LogP contribution in [-0.4, -0.2) is 26.2 Å². The first kappa shape index (κ1) is 16.0. The fourth-order valence-electron chi connectivity index (χ4n) is 1.53. The van der Waals surface area contributed by atoms with Crippen LogP contribution < -0.4 is 10.1 Å². The summed E-state index contributed by atoms with van der Waals surface area (Å²) in [6.45, 7) is 4.24. The highest BCUT2D eigenvalue weighted by Crippen LogP contribution is 2.22. The maximum atomic E-state index is 11.0. The van der Waals surface area contributed by atoms with E-state index in [1.165, 1.54) is 7.11 Å². The topological polar surface area (TPSA) is 47.6 Å². The van der Waals surface area contributed by atoms with Crippen LogP contribution in [0.15, 0.2) is 22.7 Å². The van der Waals surface area contributed by atoms with E-state index in [1.54, 1.807) is 0 Å². The summed E-state index contributed by atoms with van der Waals surface area (Å²) in [5.41, 5.74) is 1.14. The number of hydrogen-bond acceptors (Lipinski definition) is 4. The third-order valence-corrected chi connectivity index (χ3v) is 3.34. The fourth-order valence-corrected chi connectivity index (χ4v) is 1.92. The number of carbonyl (C=O) groups is 1. The van der Waals surface area contributed by atoms with Crippen LogP contribution in [0.4, 0.5) is 0 Å². The molecule has 0 bridgehead atoms. The van der Waals surface area contributed by atoms with Gasteiger partial charge in [-0.2, -0.15) is 0 Å². The lowest BCUT2D eigenvalue weighted by atomic mass is 10.2. The molecule has 0 heterocycles. The Bertz CT molecular complexity index is 410. The predicted octanol–water partition coefficient (Wildman–Crippen LogP) is 2.89. The number of rotatable bonds is 8. The van der Waals surface area contributed by atoms with Gasteiger partial charge >= 0.3 is 5.97 Å². The molecule has 0 unspecified atom stereocenters. The molecule has 0 aromatic heterocycles. The highest BCUT2D eigenvalue weighted by Gasteiger charge is 2.04. The minimum atomic E-state index is -0.262. The molecule has 1 aromatic carbocycles. The van der Waals surface area contributed by atoms with Crippen molar-refractivity contribution in [1.29, 1.82) is 0 Å². The van der Waals surface area contributed by atoms with Crippen molar-refractivity contribution in [2.75, 3.05) is 20.3 Å². The van der Waals surface area contributed by atoms with Gasteiger partial charge in [0.1, 0.15) is 5.75 Å². The molecule has 106 valence electrons. The second-order valence-corrected chi connectivity index (χ2v) is 4.96. The molecule has 0 spiro atoms. The molecular formula is C14H20BrNO3. The van der Waals surface area contributed by atoms with Gasteiger partial charge in [0.05, 0.1) is 20.1 Å². The van der Waals surface area contributed by atoms with E-state index in [-0.39, 0.29) is 12.4 Å². The zero-order chi connectivity index (χ0) is 14.1. The first-order valence-corrected chi connectivity index (χ1v) is 7.15. The molecular weight excluding hydrogens is 310 g/mol. The number of halogens is 1. The van der Waals surface area contributed by atoms with Gasteiger partial charge < -0.3 is 14.8 Å². The van der Waals surface area contributed by atoms with Gasteiger partial charge in [0.15, 0.2) is 0 Å². The molecule has 0 aliphatic heterocycles. The van der Waals surface area contributed by atoms with E-state index in [0.29, 0.717) is 6.61 Å². The summed E-state index contributed by atoms with van der Waals surface area (Å²) in [5.74, 6) is 0.502. The minimum absolute atomic E-state index is 0.260. The molecule has 1 rings (SSSR count). The van der Waals surface area contributed by atoms with Crippen LogP contribution in [0.3, 0.4) is 0 Å². The SMILES string of the molecule is CCCNCc1cc(OCCC(=O)OC)ccc1Br.